The lowest BCUT2D eigenvalue weighted by Gasteiger charge is -2.02. The summed E-state index contributed by atoms with van der Waals surface area (Å²) in [7, 11) is 0. The molecule has 29 heavy (non-hydrogen) atoms. The number of aromatic nitrogens is 2. The monoisotopic (exact) mass is 425 g/mol. The third-order valence-corrected chi connectivity index (χ3v) is 5.73. The SMILES string of the molecule is O=C(OCc1csc(-c2ccc(F)cc2)n1)c1csc(NCc2ccccc2)n1. The van der Waals surface area contributed by atoms with E-state index in [1.54, 1.807) is 17.5 Å². The number of esters is 1. The van der Waals surface area contributed by atoms with E-state index >= 15 is 0 Å². The van der Waals surface area contributed by atoms with E-state index in [0.29, 0.717) is 17.4 Å². The van der Waals surface area contributed by atoms with Crippen LogP contribution >= 0.6 is 22.7 Å². The van der Waals surface area contributed by atoms with Crippen LogP contribution < -0.4 is 5.32 Å². The number of nitrogens with zero attached hydrogens (tertiary/aromatic N) is 2. The van der Waals surface area contributed by atoms with Crippen molar-refractivity contribution in [3.63, 3.8) is 0 Å². The Balaban J connectivity index is 1.31. The fourth-order valence-corrected chi connectivity index (χ4v) is 4.02. The maximum absolute atomic E-state index is 13.0. The molecule has 0 radical (unpaired) electrons. The van der Waals surface area contributed by atoms with Gasteiger partial charge >= 0.3 is 5.97 Å². The molecule has 0 aliphatic carbocycles. The molecule has 0 unspecified atom stereocenters. The molecule has 0 saturated carbocycles. The summed E-state index contributed by atoms with van der Waals surface area (Å²) in [5, 5.41) is 8.09. The molecule has 2 aromatic carbocycles. The zero-order chi connectivity index (χ0) is 20.1. The summed E-state index contributed by atoms with van der Waals surface area (Å²) in [5.74, 6) is -0.786. The first-order valence-corrected chi connectivity index (χ1v) is 10.5. The summed E-state index contributed by atoms with van der Waals surface area (Å²) < 4.78 is 18.4. The van der Waals surface area contributed by atoms with Gasteiger partial charge in [-0.3, -0.25) is 0 Å². The number of rotatable bonds is 7. The highest BCUT2D eigenvalue weighted by Gasteiger charge is 2.14. The summed E-state index contributed by atoms with van der Waals surface area (Å²) in [5.41, 5.74) is 2.86. The summed E-state index contributed by atoms with van der Waals surface area (Å²) in [6.07, 6.45) is 0. The topological polar surface area (TPSA) is 64.1 Å². The van der Waals surface area contributed by atoms with Crippen LogP contribution in [0.15, 0.2) is 65.4 Å². The molecule has 0 bridgehead atoms. The van der Waals surface area contributed by atoms with Gasteiger partial charge in [-0.05, 0) is 29.8 Å². The number of carbonyl (C=O) groups excluding carboxylic acids is 1. The Morgan fingerprint density at radius 2 is 1.79 bits per heavy atom. The first-order valence-electron chi connectivity index (χ1n) is 8.78. The summed E-state index contributed by atoms with van der Waals surface area (Å²) >= 11 is 2.77. The van der Waals surface area contributed by atoms with E-state index < -0.39 is 5.97 Å². The molecule has 0 atom stereocenters. The summed E-state index contributed by atoms with van der Waals surface area (Å²) in [4.78, 5) is 21.0. The van der Waals surface area contributed by atoms with E-state index in [2.05, 4.69) is 15.3 Å². The molecule has 146 valence electrons. The molecule has 0 aliphatic heterocycles. The van der Waals surface area contributed by atoms with Gasteiger partial charge < -0.3 is 10.1 Å². The molecule has 5 nitrogen and oxygen atoms in total. The maximum atomic E-state index is 13.0. The lowest BCUT2D eigenvalue weighted by atomic mass is 10.2. The van der Waals surface area contributed by atoms with Crippen LogP contribution in [-0.2, 0) is 17.9 Å². The van der Waals surface area contributed by atoms with E-state index in [1.165, 1.54) is 34.8 Å². The lowest BCUT2D eigenvalue weighted by Crippen LogP contribution is -2.06. The third kappa shape index (κ3) is 5.04. The molecule has 0 spiro atoms. The van der Waals surface area contributed by atoms with Gasteiger partial charge in [-0.2, -0.15) is 0 Å². The molecule has 1 N–H and O–H groups in total. The lowest BCUT2D eigenvalue weighted by molar-refractivity contribution is 0.0462. The zero-order valence-corrected chi connectivity index (χ0v) is 16.8. The third-order valence-electron chi connectivity index (χ3n) is 3.99. The molecule has 0 amide bonds. The average molecular weight is 426 g/mol. The van der Waals surface area contributed by atoms with Gasteiger partial charge in [-0.25, -0.2) is 19.2 Å². The number of carbonyl (C=O) groups is 1. The molecular weight excluding hydrogens is 409 g/mol. The predicted octanol–water partition coefficient (Wildman–Crippen LogP) is 5.37. The van der Waals surface area contributed by atoms with E-state index in [4.69, 9.17) is 4.74 Å². The Hall–Kier alpha value is -3.10. The predicted molar refractivity (Wildman–Crippen MR) is 113 cm³/mol. The minimum atomic E-state index is -0.495. The van der Waals surface area contributed by atoms with E-state index in [-0.39, 0.29) is 18.1 Å². The minimum absolute atomic E-state index is 0.0564. The van der Waals surface area contributed by atoms with Crippen molar-refractivity contribution in [1.29, 1.82) is 0 Å². The number of benzene rings is 2. The molecular formula is C21H16FN3O2S2. The Kier molecular flexibility index (Phi) is 5.92. The highest BCUT2D eigenvalue weighted by atomic mass is 32.1. The van der Waals surface area contributed by atoms with Crippen LogP contribution in [0, 0.1) is 5.82 Å². The Morgan fingerprint density at radius 1 is 1.00 bits per heavy atom. The molecule has 8 heteroatoms. The largest absolute Gasteiger partial charge is 0.454 e. The number of anilines is 1. The molecule has 4 rings (SSSR count). The molecule has 4 aromatic rings. The van der Waals surface area contributed by atoms with Crippen molar-refractivity contribution in [3.8, 4) is 10.6 Å². The second-order valence-corrected chi connectivity index (χ2v) is 7.82. The molecule has 2 heterocycles. The Morgan fingerprint density at radius 3 is 2.59 bits per heavy atom. The fourth-order valence-electron chi connectivity index (χ4n) is 2.53. The van der Waals surface area contributed by atoms with Gasteiger partial charge in [0, 0.05) is 22.9 Å². The highest BCUT2D eigenvalue weighted by molar-refractivity contribution is 7.14. The quantitative estimate of drug-likeness (QED) is 0.403. The normalized spacial score (nSPS) is 10.7. The Bertz CT molecular complexity index is 1090. The van der Waals surface area contributed by atoms with Gasteiger partial charge in [0.15, 0.2) is 10.8 Å². The number of nitrogens with one attached hydrogen (secondary N) is 1. The summed E-state index contributed by atoms with van der Waals surface area (Å²) in [6, 6.07) is 16.1. The van der Waals surface area contributed by atoms with Gasteiger partial charge in [0.05, 0.1) is 5.69 Å². The summed E-state index contributed by atoms with van der Waals surface area (Å²) in [6.45, 7) is 0.689. The molecule has 0 aliphatic rings. The van der Waals surface area contributed by atoms with Gasteiger partial charge in [0.25, 0.3) is 0 Å². The van der Waals surface area contributed by atoms with Gasteiger partial charge in [-0.15, -0.1) is 22.7 Å². The van der Waals surface area contributed by atoms with Crippen LogP contribution in [-0.4, -0.2) is 15.9 Å². The first-order chi connectivity index (χ1) is 14.2. The van der Waals surface area contributed by atoms with Crippen LogP contribution in [0.1, 0.15) is 21.7 Å². The van der Waals surface area contributed by atoms with Crippen molar-refractivity contribution in [1.82, 2.24) is 9.97 Å². The van der Waals surface area contributed by atoms with Crippen molar-refractivity contribution >= 4 is 33.8 Å². The zero-order valence-electron chi connectivity index (χ0n) is 15.2. The van der Waals surface area contributed by atoms with Crippen LogP contribution in [0.3, 0.4) is 0 Å². The van der Waals surface area contributed by atoms with Gasteiger partial charge in [-0.1, -0.05) is 30.3 Å². The van der Waals surface area contributed by atoms with E-state index in [1.807, 2.05) is 35.7 Å². The standard InChI is InChI=1S/C21H16FN3O2S2/c22-16-8-6-15(7-9-16)19-24-17(12-28-19)11-27-20(26)18-13-29-21(25-18)23-10-14-4-2-1-3-5-14/h1-9,12-13H,10-11H2,(H,23,25). The van der Waals surface area contributed by atoms with Crippen LogP contribution in [0.25, 0.3) is 10.6 Å². The maximum Gasteiger partial charge on any atom is 0.358 e. The molecule has 0 saturated heterocycles. The van der Waals surface area contributed by atoms with Gasteiger partial charge in [0.2, 0.25) is 0 Å². The molecule has 2 aromatic heterocycles. The van der Waals surface area contributed by atoms with Crippen molar-refractivity contribution < 1.29 is 13.9 Å². The Labute approximate surface area is 174 Å². The fraction of sp³-hybridized carbons (Fsp3) is 0.0952. The van der Waals surface area contributed by atoms with Crippen molar-refractivity contribution in [2.45, 2.75) is 13.2 Å². The smallest absolute Gasteiger partial charge is 0.358 e. The number of hydrogen-bond acceptors (Lipinski definition) is 7. The molecule has 0 fully saturated rings. The minimum Gasteiger partial charge on any atom is -0.454 e. The van der Waals surface area contributed by atoms with Crippen molar-refractivity contribution in [3.05, 3.63) is 88.1 Å². The number of ether oxygens (including phenoxy) is 1. The number of thiazole rings is 2. The van der Waals surface area contributed by atoms with Gasteiger partial charge in [0.1, 0.15) is 17.4 Å². The van der Waals surface area contributed by atoms with Crippen LogP contribution in [0.5, 0.6) is 0 Å². The van der Waals surface area contributed by atoms with Crippen molar-refractivity contribution in [2.75, 3.05) is 5.32 Å². The average Bonchev–Trinajstić information content (AvgIpc) is 3.42. The van der Waals surface area contributed by atoms with E-state index in [9.17, 15) is 9.18 Å². The van der Waals surface area contributed by atoms with Crippen molar-refractivity contribution in [2.24, 2.45) is 0 Å². The number of hydrogen-bond donors (Lipinski definition) is 1. The second kappa shape index (κ2) is 8.93. The number of halogens is 1. The van der Waals surface area contributed by atoms with Crippen LogP contribution in [0.4, 0.5) is 9.52 Å². The highest BCUT2D eigenvalue weighted by Crippen LogP contribution is 2.24. The second-order valence-electron chi connectivity index (χ2n) is 6.10. The first kappa shape index (κ1) is 19.2. The van der Waals surface area contributed by atoms with Crippen LogP contribution in [0.2, 0.25) is 0 Å². The van der Waals surface area contributed by atoms with E-state index in [0.717, 1.165) is 16.1 Å².